The molecule has 0 aliphatic heterocycles. The van der Waals surface area contributed by atoms with Gasteiger partial charge in [0.05, 0.1) is 6.54 Å². The van der Waals surface area contributed by atoms with Crippen LogP contribution in [0.15, 0.2) is 70.5 Å². The summed E-state index contributed by atoms with van der Waals surface area (Å²) in [6.45, 7) is 4.04. The standard InChI is InChI=1S/C22H23N3O3/c1-3-18-11-7-8-16(2)20(18)23-19(26)15-25-13-12-24(21(27)22(25)28)14-17-9-5-4-6-10-17/h4-13H,3,14-15H2,1-2H3,(H,23,26). The zero-order chi connectivity index (χ0) is 20.1. The minimum Gasteiger partial charge on any atom is -0.324 e. The largest absolute Gasteiger partial charge is 0.324 e. The third kappa shape index (κ3) is 4.28. The van der Waals surface area contributed by atoms with Gasteiger partial charge in [0, 0.05) is 18.1 Å². The van der Waals surface area contributed by atoms with Gasteiger partial charge in [-0.25, -0.2) is 0 Å². The second-order valence-electron chi connectivity index (χ2n) is 6.66. The zero-order valence-corrected chi connectivity index (χ0v) is 16.0. The van der Waals surface area contributed by atoms with Crippen LogP contribution in [0.3, 0.4) is 0 Å². The number of benzene rings is 2. The first-order valence-electron chi connectivity index (χ1n) is 9.21. The number of nitrogens with zero attached hydrogens (tertiary/aromatic N) is 2. The van der Waals surface area contributed by atoms with E-state index in [0.29, 0.717) is 6.54 Å². The molecule has 3 rings (SSSR count). The van der Waals surface area contributed by atoms with E-state index < -0.39 is 11.1 Å². The molecule has 3 aromatic rings. The molecule has 0 atom stereocenters. The highest BCUT2D eigenvalue weighted by atomic mass is 16.2. The predicted molar refractivity (Wildman–Crippen MR) is 110 cm³/mol. The van der Waals surface area contributed by atoms with Crippen molar-refractivity contribution >= 4 is 11.6 Å². The van der Waals surface area contributed by atoms with Crippen LogP contribution in [0.25, 0.3) is 0 Å². The summed E-state index contributed by atoms with van der Waals surface area (Å²) < 4.78 is 2.49. The molecule has 0 fully saturated rings. The molecular formula is C22H23N3O3. The third-order valence-corrected chi connectivity index (χ3v) is 4.65. The monoisotopic (exact) mass is 377 g/mol. The van der Waals surface area contributed by atoms with Crippen molar-refractivity contribution in [3.05, 3.63) is 98.3 Å². The molecule has 2 aromatic carbocycles. The molecule has 1 heterocycles. The van der Waals surface area contributed by atoms with E-state index in [1.165, 1.54) is 17.0 Å². The fourth-order valence-corrected chi connectivity index (χ4v) is 3.11. The molecule has 28 heavy (non-hydrogen) atoms. The Hall–Kier alpha value is -3.41. The molecule has 0 saturated heterocycles. The van der Waals surface area contributed by atoms with Crippen molar-refractivity contribution in [2.75, 3.05) is 5.32 Å². The lowest BCUT2D eigenvalue weighted by Crippen LogP contribution is -2.42. The molecule has 6 nitrogen and oxygen atoms in total. The van der Waals surface area contributed by atoms with Crippen LogP contribution in [0.5, 0.6) is 0 Å². The van der Waals surface area contributed by atoms with Crippen molar-refractivity contribution in [1.82, 2.24) is 9.13 Å². The first kappa shape index (κ1) is 19.4. The summed E-state index contributed by atoms with van der Waals surface area (Å²) in [5.41, 5.74) is 2.31. The summed E-state index contributed by atoms with van der Waals surface area (Å²) in [7, 11) is 0. The van der Waals surface area contributed by atoms with Gasteiger partial charge in [0.15, 0.2) is 0 Å². The van der Waals surface area contributed by atoms with Crippen molar-refractivity contribution in [3.8, 4) is 0 Å². The van der Waals surface area contributed by atoms with Gasteiger partial charge in [-0.05, 0) is 30.0 Å². The Morgan fingerprint density at radius 3 is 2.32 bits per heavy atom. The number of aromatic nitrogens is 2. The van der Waals surface area contributed by atoms with Crippen LogP contribution < -0.4 is 16.4 Å². The second-order valence-corrected chi connectivity index (χ2v) is 6.66. The van der Waals surface area contributed by atoms with Crippen LogP contribution in [0, 0.1) is 6.92 Å². The predicted octanol–water partition coefficient (Wildman–Crippen LogP) is 2.57. The van der Waals surface area contributed by atoms with E-state index in [1.54, 1.807) is 0 Å². The van der Waals surface area contributed by atoms with Crippen LogP contribution in [-0.2, 0) is 24.3 Å². The van der Waals surface area contributed by atoms with E-state index in [4.69, 9.17) is 0 Å². The van der Waals surface area contributed by atoms with E-state index in [9.17, 15) is 14.4 Å². The van der Waals surface area contributed by atoms with Gasteiger partial charge in [0.25, 0.3) is 0 Å². The van der Waals surface area contributed by atoms with Crippen LogP contribution in [0.4, 0.5) is 5.69 Å². The first-order chi connectivity index (χ1) is 13.5. The smallest absolute Gasteiger partial charge is 0.316 e. The van der Waals surface area contributed by atoms with Crippen LogP contribution >= 0.6 is 0 Å². The molecular weight excluding hydrogens is 354 g/mol. The molecule has 0 spiro atoms. The summed E-state index contributed by atoms with van der Waals surface area (Å²) in [6, 6.07) is 15.2. The number of nitrogens with one attached hydrogen (secondary N) is 1. The third-order valence-electron chi connectivity index (χ3n) is 4.65. The Morgan fingerprint density at radius 2 is 1.61 bits per heavy atom. The van der Waals surface area contributed by atoms with Crippen molar-refractivity contribution in [1.29, 1.82) is 0 Å². The number of hydrogen-bond donors (Lipinski definition) is 1. The number of rotatable bonds is 6. The number of amides is 1. The number of carbonyl (C=O) groups is 1. The van der Waals surface area contributed by atoms with Crippen molar-refractivity contribution in [2.24, 2.45) is 0 Å². The van der Waals surface area contributed by atoms with Crippen LogP contribution in [-0.4, -0.2) is 15.0 Å². The lowest BCUT2D eigenvalue weighted by molar-refractivity contribution is -0.116. The van der Waals surface area contributed by atoms with Gasteiger partial charge in [-0.15, -0.1) is 0 Å². The Labute approximate surface area is 163 Å². The zero-order valence-electron chi connectivity index (χ0n) is 16.0. The van der Waals surface area contributed by atoms with Crippen LogP contribution in [0.2, 0.25) is 0 Å². The van der Waals surface area contributed by atoms with Gasteiger partial charge in [-0.3, -0.25) is 19.0 Å². The summed E-state index contributed by atoms with van der Waals surface area (Å²) >= 11 is 0. The maximum Gasteiger partial charge on any atom is 0.316 e. The fourth-order valence-electron chi connectivity index (χ4n) is 3.11. The highest BCUT2D eigenvalue weighted by Crippen LogP contribution is 2.20. The van der Waals surface area contributed by atoms with Crippen LogP contribution in [0.1, 0.15) is 23.6 Å². The van der Waals surface area contributed by atoms with E-state index >= 15 is 0 Å². The number of para-hydroxylation sites is 1. The lowest BCUT2D eigenvalue weighted by atomic mass is 10.1. The molecule has 0 aliphatic carbocycles. The van der Waals surface area contributed by atoms with E-state index in [-0.39, 0.29) is 12.5 Å². The van der Waals surface area contributed by atoms with E-state index in [2.05, 4.69) is 5.32 Å². The van der Waals surface area contributed by atoms with Gasteiger partial charge in [0.2, 0.25) is 5.91 Å². The highest BCUT2D eigenvalue weighted by molar-refractivity contribution is 5.92. The first-order valence-corrected chi connectivity index (χ1v) is 9.21. The minimum atomic E-state index is -0.714. The molecule has 0 unspecified atom stereocenters. The Kier molecular flexibility index (Phi) is 5.89. The minimum absolute atomic E-state index is 0.211. The van der Waals surface area contributed by atoms with Gasteiger partial charge >= 0.3 is 11.1 Å². The van der Waals surface area contributed by atoms with Gasteiger partial charge in [-0.1, -0.05) is 55.5 Å². The van der Waals surface area contributed by atoms with Crippen molar-refractivity contribution < 1.29 is 4.79 Å². The summed E-state index contributed by atoms with van der Waals surface area (Å²) in [5, 5.41) is 2.87. The Balaban J connectivity index is 1.78. The average molecular weight is 377 g/mol. The molecule has 6 heteroatoms. The van der Waals surface area contributed by atoms with Gasteiger partial charge < -0.3 is 9.88 Å². The topological polar surface area (TPSA) is 73.1 Å². The quantitative estimate of drug-likeness (QED) is 0.671. The van der Waals surface area contributed by atoms with Crippen molar-refractivity contribution in [2.45, 2.75) is 33.4 Å². The number of aryl methyl sites for hydroxylation is 2. The molecule has 0 bridgehead atoms. The van der Waals surface area contributed by atoms with Gasteiger partial charge in [-0.2, -0.15) is 0 Å². The lowest BCUT2D eigenvalue weighted by Gasteiger charge is -2.14. The molecule has 1 amide bonds. The number of hydrogen-bond acceptors (Lipinski definition) is 3. The Morgan fingerprint density at radius 1 is 0.929 bits per heavy atom. The summed E-state index contributed by atoms with van der Waals surface area (Å²) in [4.78, 5) is 37.3. The second kappa shape index (κ2) is 8.52. The molecule has 1 aromatic heterocycles. The fraction of sp³-hybridized carbons (Fsp3) is 0.227. The summed E-state index contributed by atoms with van der Waals surface area (Å²) in [5.74, 6) is -0.341. The maximum atomic E-state index is 12.5. The summed E-state index contributed by atoms with van der Waals surface area (Å²) in [6.07, 6.45) is 3.80. The Bertz CT molecular complexity index is 1100. The average Bonchev–Trinajstić information content (AvgIpc) is 2.70. The number of anilines is 1. The van der Waals surface area contributed by atoms with E-state index in [0.717, 1.165) is 33.4 Å². The number of carbonyl (C=O) groups excluding carboxylic acids is 1. The highest BCUT2D eigenvalue weighted by Gasteiger charge is 2.12. The molecule has 1 N–H and O–H groups in total. The van der Waals surface area contributed by atoms with E-state index in [1.807, 2.05) is 62.4 Å². The molecule has 0 aliphatic rings. The molecule has 0 radical (unpaired) electrons. The van der Waals surface area contributed by atoms with Crippen molar-refractivity contribution in [3.63, 3.8) is 0 Å². The SMILES string of the molecule is CCc1cccc(C)c1NC(=O)Cn1ccn(Cc2ccccc2)c(=O)c1=O. The molecule has 144 valence electrons. The maximum absolute atomic E-state index is 12.5. The normalized spacial score (nSPS) is 10.6. The molecule has 0 saturated carbocycles. The van der Waals surface area contributed by atoms with Gasteiger partial charge in [0.1, 0.15) is 6.54 Å².